The van der Waals surface area contributed by atoms with Gasteiger partial charge in [-0.15, -0.1) is 0 Å². The van der Waals surface area contributed by atoms with Gasteiger partial charge in [0.15, 0.2) is 0 Å². The number of amides is 1. The quantitative estimate of drug-likeness (QED) is 0.687. The Morgan fingerprint density at radius 2 is 1.93 bits per heavy atom. The largest absolute Gasteiger partial charge is 0.342 e. The Labute approximate surface area is 94.0 Å². The van der Waals surface area contributed by atoms with E-state index < -0.39 is 0 Å². The van der Waals surface area contributed by atoms with Crippen LogP contribution in [0.3, 0.4) is 0 Å². The highest BCUT2D eigenvalue weighted by molar-refractivity contribution is 5.81. The molecule has 0 aromatic heterocycles. The van der Waals surface area contributed by atoms with Crippen molar-refractivity contribution < 1.29 is 4.79 Å². The molecule has 1 aliphatic heterocycles. The fourth-order valence-electron chi connectivity index (χ4n) is 2.19. The van der Waals surface area contributed by atoms with Crippen LogP contribution < -0.4 is 0 Å². The lowest BCUT2D eigenvalue weighted by Gasteiger charge is -2.32. The number of piperidine rings is 1. The molecule has 1 aliphatic carbocycles. The standard InChI is InChI=1S/C11H19NO.C2H6/c1-2-9-4-3-7-12(8-9)11(13)10-5-6-10;1-2/h9-10H,2-8H2,1H3;1-2H3. The van der Waals surface area contributed by atoms with Gasteiger partial charge in [0.05, 0.1) is 0 Å². The summed E-state index contributed by atoms with van der Waals surface area (Å²) in [4.78, 5) is 13.9. The molecule has 0 bridgehead atoms. The van der Waals surface area contributed by atoms with Crippen LogP contribution in [0.15, 0.2) is 0 Å². The van der Waals surface area contributed by atoms with Crippen LogP contribution in [0.25, 0.3) is 0 Å². The second-order valence-electron chi connectivity index (χ2n) is 4.48. The number of nitrogens with zero attached hydrogens (tertiary/aromatic N) is 1. The lowest BCUT2D eigenvalue weighted by atomic mass is 9.95. The van der Waals surface area contributed by atoms with Gasteiger partial charge < -0.3 is 4.90 Å². The van der Waals surface area contributed by atoms with Crippen LogP contribution in [0.1, 0.15) is 52.9 Å². The summed E-state index contributed by atoms with van der Waals surface area (Å²) in [7, 11) is 0. The monoisotopic (exact) mass is 211 g/mol. The number of rotatable bonds is 2. The highest BCUT2D eigenvalue weighted by Gasteiger charge is 2.34. The van der Waals surface area contributed by atoms with Crippen LogP contribution in [0.4, 0.5) is 0 Å². The van der Waals surface area contributed by atoms with Gasteiger partial charge in [-0.3, -0.25) is 4.79 Å². The maximum absolute atomic E-state index is 11.7. The van der Waals surface area contributed by atoms with Crippen molar-refractivity contribution in [2.24, 2.45) is 11.8 Å². The molecule has 2 heteroatoms. The topological polar surface area (TPSA) is 20.3 Å². The van der Waals surface area contributed by atoms with E-state index in [0.29, 0.717) is 11.8 Å². The van der Waals surface area contributed by atoms with Gasteiger partial charge in [0.2, 0.25) is 5.91 Å². The van der Waals surface area contributed by atoms with Gasteiger partial charge in [0.25, 0.3) is 0 Å². The first kappa shape index (κ1) is 12.5. The first-order valence-corrected chi connectivity index (χ1v) is 6.60. The first-order valence-electron chi connectivity index (χ1n) is 6.60. The van der Waals surface area contributed by atoms with Crippen LogP contribution in [0.2, 0.25) is 0 Å². The molecule has 0 N–H and O–H groups in total. The number of hydrogen-bond acceptors (Lipinski definition) is 1. The zero-order valence-corrected chi connectivity index (χ0v) is 10.5. The molecule has 2 aliphatic rings. The average molecular weight is 211 g/mol. The first-order chi connectivity index (χ1) is 7.31. The van der Waals surface area contributed by atoms with E-state index in [0.717, 1.165) is 31.8 Å². The summed E-state index contributed by atoms with van der Waals surface area (Å²) in [6.45, 7) is 8.29. The van der Waals surface area contributed by atoms with Gasteiger partial charge in [0, 0.05) is 19.0 Å². The summed E-state index contributed by atoms with van der Waals surface area (Å²) in [6.07, 6.45) is 6.06. The normalized spacial score (nSPS) is 25.5. The van der Waals surface area contributed by atoms with Crippen LogP contribution in [0.5, 0.6) is 0 Å². The second kappa shape index (κ2) is 6.14. The highest BCUT2D eigenvalue weighted by atomic mass is 16.2. The zero-order valence-electron chi connectivity index (χ0n) is 10.5. The van der Waals surface area contributed by atoms with E-state index in [1.165, 1.54) is 19.3 Å². The van der Waals surface area contributed by atoms with E-state index >= 15 is 0 Å². The number of carbonyl (C=O) groups is 1. The molecule has 0 aromatic rings. The van der Waals surface area contributed by atoms with Crippen LogP contribution in [-0.2, 0) is 4.79 Å². The molecular weight excluding hydrogens is 186 g/mol. The van der Waals surface area contributed by atoms with Crippen LogP contribution >= 0.6 is 0 Å². The number of carbonyl (C=O) groups excluding carboxylic acids is 1. The Morgan fingerprint density at radius 3 is 2.47 bits per heavy atom. The molecule has 0 aromatic carbocycles. The molecule has 0 spiro atoms. The van der Waals surface area contributed by atoms with E-state index in [-0.39, 0.29) is 0 Å². The molecule has 1 amide bonds. The van der Waals surface area contributed by atoms with Gasteiger partial charge in [-0.25, -0.2) is 0 Å². The van der Waals surface area contributed by atoms with Crippen molar-refractivity contribution in [2.45, 2.75) is 52.9 Å². The molecule has 88 valence electrons. The minimum absolute atomic E-state index is 0.413. The number of likely N-dealkylation sites (tertiary alicyclic amines) is 1. The third-order valence-corrected chi connectivity index (χ3v) is 3.33. The van der Waals surface area contributed by atoms with Crippen molar-refractivity contribution in [1.82, 2.24) is 4.90 Å². The Bertz CT molecular complexity index is 199. The van der Waals surface area contributed by atoms with Crippen molar-refractivity contribution in [3.63, 3.8) is 0 Å². The third kappa shape index (κ3) is 3.51. The van der Waals surface area contributed by atoms with Gasteiger partial charge >= 0.3 is 0 Å². The summed E-state index contributed by atoms with van der Waals surface area (Å²) in [5.74, 6) is 1.63. The van der Waals surface area contributed by atoms with Gasteiger partial charge in [-0.1, -0.05) is 27.2 Å². The van der Waals surface area contributed by atoms with Crippen molar-refractivity contribution in [1.29, 1.82) is 0 Å². The fourth-order valence-corrected chi connectivity index (χ4v) is 2.19. The SMILES string of the molecule is CC.CCC1CCCN(C(=O)C2CC2)C1. The van der Waals surface area contributed by atoms with E-state index in [9.17, 15) is 4.79 Å². The van der Waals surface area contributed by atoms with Crippen molar-refractivity contribution in [3.05, 3.63) is 0 Å². The highest BCUT2D eigenvalue weighted by Crippen LogP contribution is 2.32. The predicted octanol–water partition coefficient (Wildman–Crippen LogP) is 3.07. The molecule has 1 saturated carbocycles. The summed E-state index contributed by atoms with van der Waals surface area (Å²) in [6, 6.07) is 0. The molecule has 1 unspecified atom stereocenters. The Hall–Kier alpha value is -0.530. The van der Waals surface area contributed by atoms with E-state index in [1.54, 1.807) is 0 Å². The molecule has 1 atom stereocenters. The lowest BCUT2D eigenvalue weighted by molar-refractivity contribution is -0.134. The predicted molar refractivity (Wildman–Crippen MR) is 63.7 cm³/mol. The molecule has 1 heterocycles. The Morgan fingerprint density at radius 1 is 1.27 bits per heavy atom. The molecule has 15 heavy (non-hydrogen) atoms. The lowest BCUT2D eigenvalue weighted by Crippen LogP contribution is -2.40. The van der Waals surface area contributed by atoms with Gasteiger partial charge in [-0.2, -0.15) is 0 Å². The van der Waals surface area contributed by atoms with Gasteiger partial charge in [-0.05, 0) is 31.6 Å². The summed E-state index contributed by atoms with van der Waals surface area (Å²) in [5.41, 5.74) is 0. The minimum Gasteiger partial charge on any atom is -0.342 e. The maximum Gasteiger partial charge on any atom is 0.225 e. The summed E-state index contributed by atoms with van der Waals surface area (Å²) >= 11 is 0. The molecule has 1 saturated heterocycles. The van der Waals surface area contributed by atoms with E-state index in [4.69, 9.17) is 0 Å². The van der Waals surface area contributed by atoms with E-state index in [1.807, 2.05) is 13.8 Å². The van der Waals surface area contributed by atoms with E-state index in [2.05, 4.69) is 11.8 Å². The summed E-state index contributed by atoms with van der Waals surface area (Å²) in [5, 5.41) is 0. The molecule has 2 nitrogen and oxygen atoms in total. The molecule has 2 fully saturated rings. The average Bonchev–Trinajstić information content (AvgIpc) is 3.15. The number of hydrogen-bond donors (Lipinski definition) is 0. The Kier molecular flexibility index (Phi) is 5.13. The molecule has 2 rings (SSSR count). The molecular formula is C13H25NO. The Balaban J connectivity index is 0.000000531. The van der Waals surface area contributed by atoms with Crippen molar-refractivity contribution in [3.8, 4) is 0 Å². The van der Waals surface area contributed by atoms with Crippen LogP contribution in [0, 0.1) is 11.8 Å². The van der Waals surface area contributed by atoms with Gasteiger partial charge in [0.1, 0.15) is 0 Å². The van der Waals surface area contributed by atoms with Crippen molar-refractivity contribution >= 4 is 5.91 Å². The smallest absolute Gasteiger partial charge is 0.225 e. The van der Waals surface area contributed by atoms with Crippen molar-refractivity contribution in [2.75, 3.05) is 13.1 Å². The van der Waals surface area contributed by atoms with Crippen LogP contribution in [-0.4, -0.2) is 23.9 Å². The minimum atomic E-state index is 0.413. The summed E-state index contributed by atoms with van der Waals surface area (Å²) < 4.78 is 0. The molecule has 0 radical (unpaired) electrons. The third-order valence-electron chi connectivity index (χ3n) is 3.33. The fraction of sp³-hybridized carbons (Fsp3) is 0.923. The zero-order chi connectivity index (χ0) is 11.3. The maximum atomic E-state index is 11.7. The second-order valence-corrected chi connectivity index (χ2v) is 4.48.